The smallest absolute Gasteiger partial charge is 0.243 e. The minimum Gasteiger partial charge on any atom is -0.383 e. The molecule has 1 aromatic carbocycles. The molecule has 0 spiro atoms. The molecule has 0 atom stereocenters. The van der Waals surface area contributed by atoms with Gasteiger partial charge in [-0.25, -0.2) is 8.42 Å². The lowest BCUT2D eigenvalue weighted by molar-refractivity contribution is 0.203. The van der Waals surface area contributed by atoms with Gasteiger partial charge in [0.1, 0.15) is 0 Å². The fourth-order valence-electron chi connectivity index (χ4n) is 2.53. The maximum atomic E-state index is 12.5. The number of sulfonamides is 1. The van der Waals surface area contributed by atoms with Crippen LogP contribution in [-0.2, 0) is 21.3 Å². The number of halogens is 1. The molecule has 2 N–H and O–H groups in total. The Morgan fingerprint density at radius 1 is 1.20 bits per heavy atom. The first-order chi connectivity index (χ1) is 11.6. The van der Waals surface area contributed by atoms with Crippen molar-refractivity contribution >= 4 is 40.0 Å². The highest BCUT2D eigenvalue weighted by atomic mass is 127. The fourth-order valence-corrected chi connectivity index (χ4v) is 4.05. The number of rotatable bonds is 7. The summed E-state index contributed by atoms with van der Waals surface area (Å²) >= 11 is 0. The van der Waals surface area contributed by atoms with Gasteiger partial charge in [-0.1, -0.05) is 12.1 Å². The molecular weight excluding hydrogens is 455 g/mol. The highest BCUT2D eigenvalue weighted by molar-refractivity contribution is 14.0. The molecule has 142 valence electrons. The Hall–Kier alpha value is -0.910. The van der Waals surface area contributed by atoms with Crippen LogP contribution in [0.25, 0.3) is 0 Å². The summed E-state index contributed by atoms with van der Waals surface area (Å²) in [7, 11) is 0.00730. The van der Waals surface area contributed by atoms with Crippen molar-refractivity contribution in [1.82, 2.24) is 14.9 Å². The Morgan fingerprint density at radius 2 is 1.84 bits per heavy atom. The van der Waals surface area contributed by atoms with Crippen molar-refractivity contribution in [3.8, 4) is 0 Å². The molecule has 0 aromatic heterocycles. The fraction of sp³-hybridized carbons (Fsp3) is 0.562. The molecule has 0 aliphatic carbocycles. The zero-order chi connectivity index (χ0) is 17.4. The first-order valence-corrected chi connectivity index (χ1v) is 9.54. The van der Waals surface area contributed by atoms with Crippen molar-refractivity contribution in [2.24, 2.45) is 4.99 Å². The Labute approximate surface area is 167 Å². The SMILES string of the molecule is CN=C(NCCOC)NCc1ccc(S(=O)(=O)N2CCCC2)cc1.I. The van der Waals surface area contributed by atoms with E-state index in [2.05, 4.69) is 15.6 Å². The molecular formula is C16H27IN4O3S. The lowest BCUT2D eigenvalue weighted by atomic mass is 10.2. The molecule has 0 unspecified atom stereocenters. The summed E-state index contributed by atoms with van der Waals surface area (Å²) in [5.74, 6) is 0.681. The zero-order valence-electron chi connectivity index (χ0n) is 14.7. The van der Waals surface area contributed by atoms with Gasteiger partial charge in [0.25, 0.3) is 0 Å². The summed E-state index contributed by atoms with van der Waals surface area (Å²) in [6, 6.07) is 7.01. The highest BCUT2D eigenvalue weighted by Gasteiger charge is 2.26. The van der Waals surface area contributed by atoms with Crippen LogP contribution < -0.4 is 10.6 Å². The van der Waals surface area contributed by atoms with E-state index in [0.29, 0.717) is 43.6 Å². The van der Waals surface area contributed by atoms with Crippen molar-refractivity contribution in [3.63, 3.8) is 0 Å². The molecule has 0 bridgehead atoms. The summed E-state index contributed by atoms with van der Waals surface area (Å²) < 4.78 is 31.5. The third kappa shape index (κ3) is 6.39. The van der Waals surface area contributed by atoms with Crippen LogP contribution in [0.4, 0.5) is 0 Å². The number of guanidine groups is 1. The quantitative estimate of drug-likeness (QED) is 0.266. The van der Waals surface area contributed by atoms with Crippen molar-refractivity contribution < 1.29 is 13.2 Å². The largest absolute Gasteiger partial charge is 0.383 e. The number of methoxy groups -OCH3 is 1. The topological polar surface area (TPSA) is 83.0 Å². The van der Waals surface area contributed by atoms with Gasteiger partial charge in [-0.3, -0.25) is 4.99 Å². The van der Waals surface area contributed by atoms with Gasteiger partial charge in [0.05, 0.1) is 11.5 Å². The van der Waals surface area contributed by atoms with Crippen molar-refractivity contribution in [1.29, 1.82) is 0 Å². The third-order valence-corrected chi connectivity index (χ3v) is 5.82. The molecule has 2 rings (SSSR count). The lowest BCUT2D eigenvalue weighted by Crippen LogP contribution is -2.38. The first kappa shape index (κ1) is 22.1. The molecule has 1 aromatic rings. The standard InChI is InChI=1S/C16H26N4O3S.HI/c1-17-16(18-9-12-23-2)19-13-14-5-7-15(8-6-14)24(21,22)20-10-3-4-11-20;/h5-8H,3-4,9-13H2,1-2H3,(H2,17,18,19);1H. The second-order valence-corrected chi connectivity index (χ2v) is 7.54. The van der Waals surface area contributed by atoms with Gasteiger partial charge in [-0.15, -0.1) is 24.0 Å². The number of nitrogens with zero attached hydrogens (tertiary/aromatic N) is 2. The van der Waals surface area contributed by atoms with Crippen LogP contribution in [0.3, 0.4) is 0 Å². The summed E-state index contributed by atoms with van der Waals surface area (Å²) in [5, 5.41) is 6.31. The average Bonchev–Trinajstić information content (AvgIpc) is 3.14. The molecule has 25 heavy (non-hydrogen) atoms. The lowest BCUT2D eigenvalue weighted by Gasteiger charge is -2.16. The van der Waals surface area contributed by atoms with Crippen LogP contribution in [0.2, 0.25) is 0 Å². The van der Waals surface area contributed by atoms with E-state index in [0.717, 1.165) is 18.4 Å². The summed E-state index contributed by atoms with van der Waals surface area (Å²) in [5.41, 5.74) is 0.991. The van der Waals surface area contributed by atoms with E-state index in [1.54, 1.807) is 30.6 Å². The van der Waals surface area contributed by atoms with Gasteiger partial charge in [-0.2, -0.15) is 4.31 Å². The second kappa shape index (κ2) is 10.9. The van der Waals surface area contributed by atoms with Gasteiger partial charge >= 0.3 is 0 Å². The number of ether oxygens (including phenoxy) is 1. The Balaban J connectivity index is 0.00000312. The van der Waals surface area contributed by atoms with E-state index in [1.807, 2.05) is 12.1 Å². The monoisotopic (exact) mass is 482 g/mol. The molecule has 1 heterocycles. The molecule has 7 nitrogen and oxygen atoms in total. The normalized spacial score (nSPS) is 15.7. The van der Waals surface area contributed by atoms with Crippen LogP contribution in [0, 0.1) is 0 Å². The minimum atomic E-state index is -3.34. The van der Waals surface area contributed by atoms with Crippen LogP contribution >= 0.6 is 24.0 Å². The van der Waals surface area contributed by atoms with E-state index < -0.39 is 10.0 Å². The number of hydrogen-bond donors (Lipinski definition) is 2. The van der Waals surface area contributed by atoms with Crippen LogP contribution in [0.15, 0.2) is 34.2 Å². The second-order valence-electron chi connectivity index (χ2n) is 5.60. The minimum absolute atomic E-state index is 0. The van der Waals surface area contributed by atoms with Gasteiger partial charge in [-0.05, 0) is 30.5 Å². The molecule has 0 amide bonds. The Bertz CT molecular complexity index is 644. The van der Waals surface area contributed by atoms with Crippen molar-refractivity contribution in [3.05, 3.63) is 29.8 Å². The number of benzene rings is 1. The predicted octanol–water partition coefficient (Wildman–Crippen LogP) is 1.40. The van der Waals surface area contributed by atoms with E-state index in [-0.39, 0.29) is 24.0 Å². The number of nitrogens with one attached hydrogen (secondary N) is 2. The van der Waals surface area contributed by atoms with Crippen molar-refractivity contribution in [2.45, 2.75) is 24.3 Å². The van der Waals surface area contributed by atoms with Crippen LogP contribution in [-0.4, -0.2) is 59.1 Å². The van der Waals surface area contributed by atoms with Gasteiger partial charge in [0.2, 0.25) is 10.0 Å². The van der Waals surface area contributed by atoms with Crippen LogP contribution in [0.1, 0.15) is 18.4 Å². The van der Waals surface area contributed by atoms with E-state index >= 15 is 0 Å². The highest BCUT2D eigenvalue weighted by Crippen LogP contribution is 2.20. The number of aliphatic imine (C=N–C) groups is 1. The first-order valence-electron chi connectivity index (χ1n) is 8.10. The average molecular weight is 482 g/mol. The molecule has 1 aliphatic heterocycles. The molecule has 1 aliphatic rings. The Kier molecular flexibility index (Phi) is 9.69. The van der Waals surface area contributed by atoms with Crippen LogP contribution in [0.5, 0.6) is 0 Å². The third-order valence-electron chi connectivity index (χ3n) is 3.91. The summed E-state index contributed by atoms with van der Waals surface area (Å²) in [6.07, 6.45) is 1.88. The molecule has 1 saturated heterocycles. The van der Waals surface area contributed by atoms with Gasteiger partial charge < -0.3 is 15.4 Å². The van der Waals surface area contributed by atoms with Gasteiger partial charge in [0.15, 0.2) is 5.96 Å². The van der Waals surface area contributed by atoms with Crippen molar-refractivity contribution in [2.75, 3.05) is 40.4 Å². The maximum Gasteiger partial charge on any atom is 0.243 e. The molecule has 0 radical (unpaired) electrons. The van der Waals surface area contributed by atoms with E-state index in [4.69, 9.17) is 4.74 Å². The molecule has 1 fully saturated rings. The molecule has 9 heteroatoms. The number of hydrogen-bond acceptors (Lipinski definition) is 4. The maximum absolute atomic E-state index is 12.5. The zero-order valence-corrected chi connectivity index (χ0v) is 17.8. The van der Waals surface area contributed by atoms with E-state index in [1.165, 1.54) is 0 Å². The summed E-state index contributed by atoms with van der Waals surface area (Å²) in [6.45, 7) is 3.08. The van der Waals surface area contributed by atoms with E-state index in [9.17, 15) is 8.42 Å². The summed E-state index contributed by atoms with van der Waals surface area (Å²) in [4.78, 5) is 4.48. The van der Waals surface area contributed by atoms with Gasteiger partial charge in [0, 0.05) is 40.3 Å². The molecule has 0 saturated carbocycles. The predicted molar refractivity (Wildman–Crippen MR) is 110 cm³/mol. The Morgan fingerprint density at radius 3 is 2.40 bits per heavy atom.